The topological polar surface area (TPSA) is 73.1 Å². The summed E-state index contributed by atoms with van der Waals surface area (Å²) in [6.45, 7) is 13.1. The van der Waals surface area contributed by atoms with Gasteiger partial charge in [-0.15, -0.1) is 6.58 Å². The van der Waals surface area contributed by atoms with E-state index in [1.54, 1.807) is 6.08 Å². The van der Waals surface area contributed by atoms with E-state index in [2.05, 4.69) is 42.6 Å². The van der Waals surface area contributed by atoms with Crippen LogP contribution in [0.25, 0.3) is 0 Å². The zero-order valence-electron chi connectivity index (χ0n) is 12.3. The second kappa shape index (κ2) is 6.41. The lowest BCUT2D eigenvalue weighted by Gasteiger charge is -2.20. The minimum atomic E-state index is -0.164. The molecule has 0 radical (unpaired) electrons. The maximum Gasteiger partial charge on any atom is 0.242 e. The van der Waals surface area contributed by atoms with Crippen LogP contribution in [0.15, 0.2) is 12.7 Å². The van der Waals surface area contributed by atoms with Crippen LogP contribution in [0.2, 0.25) is 0 Å². The molecule has 5 nitrogen and oxygen atoms in total. The van der Waals surface area contributed by atoms with Crippen LogP contribution in [0.3, 0.4) is 0 Å². The molecule has 1 rings (SSSR count). The van der Waals surface area contributed by atoms with Crippen molar-refractivity contribution >= 4 is 11.5 Å². The molecule has 19 heavy (non-hydrogen) atoms. The third kappa shape index (κ3) is 4.12. The molecule has 0 aliphatic heterocycles. The summed E-state index contributed by atoms with van der Waals surface area (Å²) in [5, 5.41) is 3.12. The first kappa shape index (κ1) is 15.3. The van der Waals surface area contributed by atoms with Crippen LogP contribution in [0.5, 0.6) is 5.88 Å². The van der Waals surface area contributed by atoms with Crippen molar-refractivity contribution in [2.75, 3.05) is 24.2 Å². The van der Waals surface area contributed by atoms with E-state index in [4.69, 9.17) is 10.5 Å². The van der Waals surface area contributed by atoms with E-state index in [-0.39, 0.29) is 5.41 Å². The largest absolute Gasteiger partial charge is 0.476 e. The quantitative estimate of drug-likeness (QED) is 0.773. The number of nitrogen functional groups attached to an aromatic ring is 1. The molecule has 0 aliphatic rings. The minimum absolute atomic E-state index is 0.164. The van der Waals surface area contributed by atoms with Gasteiger partial charge in [0, 0.05) is 12.0 Å². The van der Waals surface area contributed by atoms with Gasteiger partial charge in [0.05, 0.1) is 6.61 Å². The fraction of sp³-hybridized carbons (Fsp3) is 0.571. The maximum atomic E-state index is 6.03. The normalized spacial score (nSPS) is 11.2. The van der Waals surface area contributed by atoms with Crippen molar-refractivity contribution < 1.29 is 4.74 Å². The predicted molar refractivity (Wildman–Crippen MR) is 79.6 cm³/mol. The van der Waals surface area contributed by atoms with Crippen LogP contribution in [0, 0.1) is 0 Å². The second-order valence-corrected chi connectivity index (χ2v) is 5.38. The average Bonchev–Trinajstić information content (AvgIpc) is 2.34. The summed E-state index contributed by atoms with van der Waals surface area (Å²) in [7, 11) is 0. The van der Waals surface area contributed by atoms with Crippen molar-refractivity contribution in [3.05, 3.63) is 18.5 Å². The van der Waals surface area contributed by atoms with Crippen molar-refractivity contribution in [2.24, 2.45) is 0 Å². The first-order valence-electron chi connectivity index (χ1n) is 6.55. The summed E-state index contributed by atoms with van der Waals surface area (Å²) in [5.41, 5.74) is 6.31. The standard InChI is InChI=1S/C14H24N4O/c1-6-8-16-11-10(15)12(19-9-7-2)18-13(17-11)14(3,4)5/h6H,1,7-9,15H2,2-5H3,(H,16,17,18). The molecule has 0 aromatic carbocycles. The van der Waals surface area contributed by atoms with Gasteiger partial charge in [0.2, 0.25) is 5.88 Å². The van der Waals surface area contributed by atoms with Crippen molar-refractivity contribution in [3.8, 4) is 5.88 Å². The second-order valence-electron chi connectivity index (χ2n) is 5.38. The number of anilines is 2. The SMILES string of the molecule is C=CCNc1nc(C(C)(C)C)nc(OCCC)c1N. The molecule has 0 spiro atoms. The summed E-state index contributed by atoms with van der Waals surface area (Å²) >= 11 is 0. The molecule has 1 aromatic rings. The van der Waals surface area contributed by atoms with Crippen molar-refractivity contribution in [2.45, 2.75) is 39.5 Å². The van der Waals surface area contributed by atoms with Crippen LogP contribution in [-0.2, 0) is 5.41 Å². The summed E-state index contributed by atoms with van der Waals surface area (Å²) in [6.07, 6.45) is 2.66. The fourth-order valence-electron chi connectivity index (χ4n) is 1.40. The Kier molecular flexibility index (Phi) is 5.15. The number of nitrogens with one attached hydrogen (secondary N) is 1. The van der Waals surface area contributed by atoms with Gasteiger partial charge in [-0.25, -0.2) is 4.98 Å². The van der Waals surface area contributed by atoms with Crippen LogP contribution < -0.4 is 15.8 Å². The lowest BCUT2D eigenvalue weighted by atomic mass is 9.96. The third-order valence-corrected chi connectivity index (χ3v) is 2.44. The Labute approximate surface area is 115 Å². The van der Waals surface area contributed by atoms with E-state index in [1.807, 2.05) is 6.92 Å². The molecular weight excluding hydrogens is 240 g/mol. The zero-order chi connectivity index (χ0) is 14.5. The van der Waals surface area contributed by atoms with Gasteiger partial charge in [-0.1, -0.05) is 33.8 Å². The lowest BCUT2D eigenvalue weighted by Crippen LogP contribution is -2.19. The molecule has 0 unspecified atom stereocenters. The summed E-state index contributed by atoms with van der Waals surface area (Å²) in [4.78, 5) is 8.90. The van der Waals surface area contributed by atoms with Gasteiger partial charge in [-0.3, -0.25) is 0 Å². The van der Waals surface area contributed by atoms with Gasteiger partial charge in [0.25, 0.3) is 0 Å². The number of nitrogens with two attached hydrogens (primary N) is 1. The number of nitrogens with zero attached hydrogens (tertiary/aromatic N) is 2. The van der Waals surface area contributed by atoms with E-state index in [1.165, 1.54) is 0 Å². The van der Waals surface area contributed by atoms with E-state index in [0.29, 0.717) is 36.4 Å². The molecule has 1 heterocycles. The molecule has 0 aliphatic carbocycles. The minimum Gasteiger partial charge on any atom is -0.476 e. The van der Waals surface area contributed by atoms with Crippen LogP contribution in [0.4, 0.5) is 11.5 Å². The molecule has 106 valence electrons. The maximum absolute atomic E-state index is 6.03. The lowest BCUT2D eigenvalue weighted by molar-refractivity contribution is 0.303. The molecule has 0 saturated carbocycles. The monoisotopic (exact) mass is 264 g/mol. The zero-order valence-corrected chi connectivity index (χ0v) is 12.3. The molecule has 0 atom stereocenters. The van der Waals surface area contributed by atoms with Crippen LogP contribution in [-0.4, -0.2) is 23.1 Å². The molecule has 1 aromatic heterocycles. The molecule has 0 fully saturated rings. The Balaban J connectivity index is 3.17. The van der Waals surface area contributed by atoms with Gasteiger partial charge in [-0.05, 0) is 6.42 Å². The van der Waals surface area contributed by atoms with E-state index >= 15 is 0 Å². The van der Waals surface area contributed by atoms with Crippen molar-refractivity contribution in [1.29, 1.82) is 0 Å². The Morgan fingerprint density at radius 2 is 2.05 bits per heavy atom. The number of aromatic nitrogens is 2. The van der Waals surface area contributed by atoms with Crippen LogP contribution >= 0.6 is 0 Å². The Bertz CT molecular complexity index is 438. The smallest absolute Gasteiger partial charge is 0.242 e. The van der Waals surface area contributed by atoms with Crippen LogP contribution in [0.1, 0.15) is 39.9 Å². The van der Waals surface area contributed by atoms with Gasteiger partial charge < -0.3 is 15.8 Å². The fourth-order valence-corrected chi connectivity index (χ4v) is 1.40. The van der Waals surface area contributed by atoms with Gasteiger partial charge in [-0.2, -0.15) is 4.98 Å². The predicted octanol–water partition coefficient (Wildman–Crippen LogP) is 2.74. The van der Waals surface area contributed by atoms with E-state index in [0.717, 1.165) is 6.42 Å². The summed E-state index contributed by atoms with van der Waals surface area (Å²) < 4.78 is 5.60. The van der Waals surface area contributed by atoms with Gasteiger partial charge >= 0.3 is 0 Å². The number of rotatable bonds is 6. The van der Waals surface area contributed by atoms with E-state index in [9.17, 15) is 0 Å². The number of ether oxygens (including phenoxy) is 1. The number of hydrogen-bond donors (Lipinski definition) is 2. The van der Waals surface area contributed by atoms with Crippen molar-refractivity contribution in [1.82, 2.24) is 9.97 Å². The highest BCUT2D eigenvalue weighted by Crippen LogP contribution is 2.30. The number of hydrogen-bond acceptors (Lipinski definition) is 5. The average molecular weight is 264 g/mol. The Hall–Kier alpha value is -1.78. The highest BCUT2D eigenvalue weighted by molar-refractivity contribution is 5.67. The summed E-state index contributed by atoms with van der Waals surface area (Å²) in [5.74, 6) is 1.76. The molecule has 0 amide bonds. The highest BCUT2D eigenvalue weighted by Gasteiger charge is 2.22. The Morgan fingerprint density at radius 3 is 2.58 bits per heavy atom. The molecule has 0 saturated heterocycles. The van der Waals surface area contributed by atoms with E-state index < -0.39 is 0 Å². The third-order valence-electron chi connectivity index (χ3n) is 2.44. The molecule has 0 bridgehead atoms. The van der Waals surface area contributed by atoms with Crippen molar-refractivity contribution in [3.63, 3.8) is 0 Å². The Morgan fingerprint density at radius 1 is 1.37 bits per heavy atom. The molecular formula is C14H24N4O. The first-order valence-corrected chi connectivity index (χ1v) is 6.55. The molecule has 3 N–H and O–H groups in total. The first-order chi connectivity index (χ1) is 8.90. The van der Waals surface area contributed by atoms with Gasteiger partial charge in [0.1, 0.15) is 11.5 Å². The molecule has 5 heteroatoms. The summed E-state index contributed by atoms with van der Waals surface area (Å²) in [6, 6.07) is 0. The highest BCUT2D eigenvalue weighted by atomic mass is 16.5. The van der Waals surface area contributed by atoms with Gasteiger partial charge in [0.15, 0.2) is 5.82 Å².